The molecule has 4 rings (SSSR count). The first-order valence-electron chi connectivity index (χ1n) is 9.11. The number of hydrogen-bond acceptors (Lipinski definition) is 5. The molecule has 2 aromatic carbocycles. The highest BCUT2D eigenvalue weighted by Gasteiger charge is 2.37. The number of rotatable bonds is 3. The predicted octanol–water partition coefficient (Wildman–Crippen LogP) is 4.22. The molecule has 0 radical (unpaired) electrons. The third-order valence-corrected chi connectivity index (χ3v) is 7.54. The summed E-state index contributed by atoms with van der Waals surface area (Å²) < 4.78 is 1.32. The summed E-state index contributed by atoms with van der Waals surface area (Å²) >= 11 is 4.86. The number of halogens is 2. The highest BCUT2D eigenvalue weighted by molar-refractivity contribution is 14.1. The van der Waals surface area contributed by atoms with Crippen LogP contribution in [0.15, 0.2) is 41.3 Å². The average molecular weight is 646 g/mol. The normalized spacial score (nSPS) is 17.6. The van der Waals surface area contributed by atoms with Crippen LogP contribution in [0, 0.1) is 7.14 Å². The van der Waals surface area contributed by atoms with Gasteiger partial charge < -0.3 is 10.0 Å². The fourth-order valence-corrected chi connectivity index (χ4v) is 6.05. The van der Waals surface area contributed by atoms with Crippen LogP contribution in [0.25, 0.3) is 6.08 Å². The average Bonchev–Trinajstić information content (AvgIpc) is 2.98. The number of phenolic OH excluding ortho intramolecular Hbond substituents is 1. The number of thioether (sulfide) groups is 1. The first kappa shape index (κ1) is 21.6. The maximum atomic E-state index is 12.8. The fourth-order valence-electron chi connectivity index (χ4n) is 3.40. The lowest BCUT2D eigenvalue weighted by molar-refractivity contribution is -0.136. The zero-order valence-electron chi connectivity index (χ0n) is 15.6. The quantitative estimate of drug-likeness (QED) is 0.400. The smallest absolute Gasteiger partial charge is 0.294 e. The Morgan fingerprint density at radius 1 is 1.13 bits per heavy atom. The van der Waals surface area contributed by atoms with E-state index in [1.807, 2.05) is 63.4 Å². The number of fused-ring (bicyclic) bond motifs is 1. The Hall–Kier alpha value is -1.60. The third kappa shape index (κ3) is 4.37. The number of carbonyl (C=O) groups excluding carboxylic acids is 3. The molecule has 30 heavy (non-hydrogen) atoms. The van der Waals surface area contributed by atoms with E-state index in [-0.39, 0.29) is 23.1 Å². The van der Waals surface area contributed by atoms with Crippen molar-refractivity contribution in [1.82, 2.24) is 9.80 Å². The van der Waals surface area contributed by atoms with Crippen LogP contribution in [0.3, 0.4) is 0 Å². The Balaban J connectivity index is 1.48. The molecule has 2 aliphatic rings. The van der Waals surface area contributed by atoms with E-state index in [1.165, 1.54) is 5.56 Å². The fraction of sp³-hybridized carbons (Fsp3) is 0.190. The Kier molecular flexibility index (Phi) is 6.39. The van der Waals surface area contributed by atoms with E-state index >= 15 is 0 Å². The number of carbonyl (C=O) groups is 3. The molecule has 3 amide bonds. The third-order valence-electron chi connectivity index (χ3n) is 4.99. The first-order valence-corrected chi connectivity index (χ1v) is 12.1. The molecule has 2 heterocycles. The Morgan fingerprint density at radius 3 is 2.50 bits per heavy atom. The molecule has 0 spiro atoms. The molecule has 2 aromatic rings. The van der Waals surface area contributed by atoms with Gasteiger partial charge in [-0.1, -0.05) is 24.3 Å². The largest absolute Gasteiger partial charge is 0.506 e. The molecule has 154 valence electrons. The zero-order chi connectivity index (χ0) is 21.4. The van der Waals surface area contributed by atoms with Gasteiger partial charge in [-0.2, -0.15) is 0 Å². The molecule has 0 bridgehead atoms. The lowest BCUT2D eigenvalue weighted by atomic mass is 10.00. The van der Waals surface area contributed by atoms with Crippen LogP contribution in [-0.2, 0) is 22.6 Å². The minimum absolute atomic E-state index is 0.190. The van der Waals surface area contributed by atoms with Gasteiger partial charge in [-0.15, -0.1) is 0 Å². The van der Waals surface area contributed by atoms with Gasteiger partial charge in [-0.3, -0.25) is 19.3 Å². The highest BCUT2D eigenvalue weighted by atomic mass is 127. The molecule has 1 saturated heterocycles. The molecule has 0 aromatic heterocycles. The molecule has 1 N–H and O–H groups in total. The van der Waals surface area contributed by atoms with Crippen LogP contribution < -0.4 is 0 Å². The molecule has 0 unspecified atom stereocenters. The summed E-state index contributed by atoms with van der Waals surface area (Å²) in [5, 5.41) is 9.46. The number of imide groups is 1. The molecular weight excluding hydrogens is 630 g/mol. The maximum Gasteiger partial charge on any atom is 0.294 e. The van der Waals surface area contributed by atoms with Crippen molar-refractivity contribution in [2.75, 3.05) is 13.1 Å². The van der Waals surface area contributed by atoms with Crippen LogP contribution in [0.4, 0.5) is 4.79 Å². The highest BCUT2D eigenvalue weighted by Crippen LogP contribution is 2.34. The minimum atomic E-state index is -0.464. The molecule has 1 fully saturated rings. The van der Waals surface area contributed by atoms with Gasteiger partial charge in [0.15, 0.2) is 0 Å². The lowest BCUT2D eigenvalue weighted by Crippen LogP contribution is -2.44. The van der Waals surface area contributed by atoms with Crippen molar-refractivity contribution in [3.8, 4) is 5.75 Å². The van der Waals surface area contributed by atoms with Gasteiger partial charge in [-0.05, 0) is 98.3 Å². The first-order chi connectivity index (χ1) is 14.3. The molecule has 9 heteroatoms. The van der Waals surface area contributed by atoms with Gasteiger partial charge in [0.2, 0.25) is 5.91 Å². The Morgan fingerprint density at radius 2 is 1.80 bits per heavy atom. The van der Waals surface area contributed by atoms with E-state index in [0.29, 0.717) is 25.8 Å². The monoisotopic (exact) mass is 646 g/mol. The summed E-state index contributed by atoms with van der Waals surface area (Å²) in [5.41, 5.74) is 3.04. The number of aromatic hydroxyl groups is 1. The van der Waals surface area contributed by atoms with Gasteiger partial charge >= 0.3 is 0 Å². The summed E-state index contributed by atoms with van der Waals surface area (Å²) in [4.78, 5) is 40.9. The van der Waals surface area contributed by atoms with E-state index in [9.17, 15) is 19.5 Å². The summed E-state index contributed by atoms with van der Waals surface area (Å²) in [5.74, 6) is -0.509. The van der Waals surface area contributed by atoms with E-state index in [0.717, 1.165) is 28.6 Å². The minimum Gasteiger partial charge on any atom is -0.506 e. The second-order valence-electron chi connectivity index (χ2n) is 6.94. The van der Waals surface area contributed by atoms with Gasteiger partial charge in [0.1, 0.15) is 12.3 Å². The van der Waals surface area contributed by atoms with Gasteiger partial charge in [0, 0.05) is 13.1 Å². The lowest BCUT2D eigenvalue weighted by Gasteiger charge is -2.29. The van der Waals surface area contributed by atoms with Crippen molar-refractivity contribution in [1.29, 1.82) is 0 Å². The van der Waals surface area contributed by atoms with Crippen LogP contribution in [0.2, 0.25) is 0 Å². The molecular formula is C21H16I2N2O4S. The summed E-state index contributed by atoms with van der Waals surface area (Å²) in [6.45, 7) is 0.812. The topological polar surface area (TPSA) is 77.9 Å². The van der Waals surface area contributed by atoms with Crippen molar-refractivity contribution < 1.29 is 19.5 Å². The zero-order valence-corrected chi connectivity index (χ0v) is 20.7. The second-order valence-corrected chi connectivity index (χ2v) is 10.3. The number of amides is 3. The summed E-state index contributed by atoms with van der Waals surface area (Å²) in [7, 11) is 0. The summed E-state index contributed by atoms with van der Waals surface area (Å²) in [6, 6.07) is 11.5. The predicted molar refractivity (Wildman–Crippen MR) is 132 cm³/mol. The SMILES string of the molecule is O=C(CN1C(=O)S/C(=C/c2cc(I)c(O)c(I)c2)C1=O)N1CCc2ccccc2C1. The Labute approximate surface area is 205 Å². The van der Waals surface area contributed by atoms with Crippen LogP contribution >= 0.6 is 56.9 Å². The van der Waals surface area contributed by atoms with Crippen molar-refractivity contribution >= 4 is 80.1 Å². The van der Waals surface area contributed by atoms with Crippen molar-refractivity contribution in [3.05, 3.63) is 65.1 Å². The second kappa shape index (κ2) is 8.87. The number of phenols is 1. The van der Waals surface area contributed by atoms with Crippen molar-refractivity contribution in [2.45, 2.75) is 13.0 Å². The molecule has 2 aliphatic heterocycles. The molecule has 0 atom stereocenters. The van der Waals surface area contributed by atoms with Gasteiger partial charge in [0.25, 0.3) is 11.1 Å². The van der Waals surface area contributed by atoms with Crippen LogP contribution in [0.5, 0.6) is 5.75 Å². The van der Waals surface area contributed by atoms with Crippen LogP contribution in [-0.4, -0.2) is 45.0 Å². The maximum absolute atomic E-state index is 12.8. The van der Waals surface area contributed by atoms with Gasteiger partial charge in [0.05, 0.1) is 12.0 Å². The number of nitrogens with zero attached hydrogens (tertiary/aromatic N) is 2. The number of hydrogen-bond donors (Lipinski definition) is 1. The summed E-state index contributed by atoms with van der Waals surface area (Å²) in [6.07, 6.45) is 2.39. The van der Waals surface area contributed by atoms with Crippen molar-refractivity contribution in [2.24, 2.45) is 0 Å². The van der Waals surface area contributed by atoms with E-state index < -0.39 is 11.1 Å². The van der Waals surface area contributed by atoms with E-state index in [1.54, 1.807) is 23.1 Å². The standard InChI is InChI=1S/C21H16I2N2O4S/c22-15-7-12(8-16(23)19(15)27)9-17-20(28)25(21(29)30-17)11-18(26)24-6-5-13-3-1-2-4-14(13)10-24/h1-4,7-9,27H,5-6,10-11H2/b17-9+. The number of benzene rings is 2. The Bertz CT molecular complexity index is 1080. The van der Waals surface area contributed by atoms with E-state index in [2.05, 4.69) is 6.07 Å². The molecule has 0 saturated carbocycles. The van der Waals surface area contributed by atoms with Crippen molar-refractivity contribution in [3.63, 3.8) is 0 Å². The molecule has 6 nitrogen and oxygen atoms in total. The van der Waals surface area contributed by atoms with E-state index in [4.69, 9.17) is 0 Å². The van der Waals surface area contributed by atoms with Crippen LogP contribution in [0.1, 0.15) is 16.7 Å². The molecule has 0 aliphatic carbocycles. The van der Waals surface area contributed by atoms with Gasteiger partial charge in [-0.25, -0.2) is 0 Å².